The molecule has 0 radical (unpaired) electrons. The molecule has 1 fully saturated rings. The second kappa shape index (κ2) is 8.20. The van der Waals surface area contributed by atoms with E-state index in [0.717, 1.165) is 19.4 Å². The van der Waals surface area contributed by atoms with Crippen molar-refractivity contribution in [3.8, 4) is 11.5 Å². The van der Waals surface area contributed by atoms with E-state index in [9.17, 15) is 9.59 Å². The Labute approximate surface area is 148 Å². The van der Waals surface area contributed by atoms with Crippen LogP contribution in [0.15, 0.2) is 12.1 Å². The van der Waals surface area contributed by atoms with Crippen molar-refractivity contribution in [3.63, 3.8) is 0 Å². The Balaban J connectivity index is 2.33. The second-order valence-electron chi connectivity index (χ2n) is 6.52. The Hall–Kier alpha value is -2.28. The van der Waals surface area contributed by atoms with Crippen molar-refractivity contribution >= 4 is 17.5 Å². The van der Waals surface area contributed by atoms with Crippen molar-refractivity contribution in [2.75, 3.05) is 40.2 Å². The Kier molecular flexibility index (Phi) is 6.25. The molecule has 7 heteroatoms. The highest BCUT2D eigenvalue weighted by molar-refractivity contribution is 6.04. The van der Waals surface area contributed by atoms with Gasteiger partial charge in [-0.05, 0) is 32.4 Å². The third-order valence-electron chi connectivity index (χ3n) is 4.41. The number of rotatable bonds is 5. The number of carbonyl (C=O) groups excluding carboxylic acids is 2. The number of methoxy groups -OCH3 is 2. The molecule has 0 aromatic heterocycles. The average molecular weight is 349 g/mol. The maximum absolute atomic E-state index is 12.7. The Morgan fingerprint density at radius 3 is 2.40 bits per heavy atom. The maximum Gasteiger partial charge on any atom is 0.255 e. The number of hydrogen-bond donors (Lipinski definition) is 2. The molecular formula is C18H27N3O4. The first kappa shape index (κ1) is 19.1. The molecule has 2 atom stereocenters. The van der Waals surface area contributed by atoms with Crippen LogP contribution in [0.5, 0.6) is 11.5 Å². The number of amides is 2. The van der Waals surface area contributed by atoms with Gasteiger partial charge in [-0.15, -0.1) is 0 Å². The number of hydrogen-bond acceptors (Lipinski definition) is 5. The standard InChI is InChI=1S/C18H27N3O4/c1-11-8-12(6-7-19-11)17(22)20-14-10-16(25-5)15(24-4)9-13(14)18(23)21(2)3/h9-12,19H,6-8H2,1-5H3,(H,20,22)/t11-,12-/m0/s1. The summed E-state index contributed by atoms with van der Waals surface area (Å²) in [4.78, 5) is 26.6. The van der Waals surface area contributed by atoms with E-state index in [4.69, 9.17) is 9.47 Å². The van der Waals surface area contributed by atoms with Crippen LogP contribution in [-0.4, -0.2) is 57.6 Å². The number of anilines is 1. The van der Waals surface area contributed by atoms with Gasteiger partial charge in [0.05, 0.1) is 25.5 Å². The molecule has 1 heterocycles. The summed E-state index contributed by atoms with van der Waals surface area (Å²) >= 11 is 0. The molecule has 1 saturated heterocycles. The summed E-state index contributed by atoms with van der Waals surface area (Å²) in [6.45, 7) is 2.88. The summed E-state index contributed by atoms with van der Waals surface area (Å²) in [6, 6.07) is 3.54. The molecule has 0 aliphatic carbocycles. The molecule has 0 saturated carbocycles. The number of piperidine rings is 1. The highest BCUT2D eigenvalue weighted by atomic mass is 16.5. The van der Waals surface area contributed by atoms with E-state index in [1.807, 2.05) is 0 Å². The molecule has 7 nitrogen and oxygen atoms in total. The largest absolute Gasteiger partial charge is 0.493 e. The van der Waals surface area contributed by atoms with Crippen molar-refractivity contribution in [1.82, 2.24) is 10.2 Å². The Morgan fingerprint density at radius 2 is 1.84 bits per heavy atom. The fourth-order valence-corrected chi connectivity index (χ4v) is 3.01. The molecule has 138 valence electrons. The first-order valence-corrected chi connectivity index (χ1v) is 8.39. The van der Waals surface area contributed by atoms with E-state index in [0.29, 0.717) is 28.8 Å². The van der Waals surface area contributed by atoms with E-state index in [-0.39, 0.29) is 17.7 Å². The third kappa shape index (κ3) is 4.42. The summed E-state index contributed by atoms with van der Waals surface area (Å²) in [5, 5.41) is 6.24. The Bertz CT molecular complexity index is 645. The van der Waals surface area contributed by atoms with Gasteiger partial charge in [-0.25, -0.2) is 0 Å². The number of nitrogens with one attached hydrogen (secondary N) is 2. The van der Waals surface area contributed by atoms with Gasteiger partial charge in [-0.3, -0.25) is 9.59 Å². The molecule has 1 aliphatic heterocycles. The van der Waals surface area contributed by atoms with E-state index < -0.39 is 0 Å². The highest BCUT2D eigenvalue weighted by Crippen LogP contribution is 2.34. The van der Waals surface area contributed by atoms with Crippen LogP contribution in [0.1, 0.15) is 30.1 Å². The lowest BCUT2D eigenvalue weighted by molar-refractivity contribution is -0.120. The molecule has 2 N–H and O–H groups in total. The minimum atomic E-state index is -0.213. The predicted octanol–water partition coefficient (Wildman–Crippen LogP) is 1.73. The summed E-state index contributed by atoms with van der Waals surface area (Å²) < 4.78 is 10.6. The van der Waals surface area contributed by atoms with Crippen LogP contribution >= 0.6 is 0 Å². The lowest BCUT2D eigenvalue weighted by atomic mass is 9.92. The fraction of sp³-hybridized carbons (Fsp3) is 0.556. The van der Waals surface area contributed by atoms with Crippen LogP contribution in [0.3, 0.4) is 0 Å². The summed E-state index contributed by atoms with van der Waals surface area (Å²) in [6.07, 6.45) is 1.55. The van der Waals surface area contributed by atoms with Crippen molar-refractivity contribution in [3.05, 3.63) is 17.7 Å². The molecule has 0 unspecified atom stereocenters. The summed E-state index contributed by atoms with van der Waals surface area (Å²) in [7, 11) is 6.36. The number of benzene rings is 1. The normalized spacial score (nSPS) is 19.9. The smallest absolute Gasteiger partial charge is 0.255 e. The molecule has 0 bridgehead atoms. The van der Waals surface area contributed by atoms with Gasteiger partial charge in [0.25, 0.3) is 5.91 Å². The third-order valence-corrected chi connectivity index (χ3v) is 4.41. The van der Waals surface area contributed by atoms with Crippen molar-refractivity contribution in [2.24, 2.45) is 5.92 Å². The Morgan fingerprint density at radius 1 is 1.20 bits per heavy atom. The van der Waals surface area contributed by atoms with Gasteiger partial charge in [0.15, 0.2) is 11.5 Å². The number of ether oxygens (including phenoxy) is 2. The SMILES string of the molecule is COc1cc(NC(=O)[C@H]2CCN[C@@H](C)C2)c(C(=O)N(C)C)cc1OC. The van der Waals surface area contributed by atoms with Gasteiger partial charge in [0.2, 0.25) is 5.91 Å². The zero-order valence-electron chi connectivity index (χ0n) is 15.5. The lowest BCUT2D eigenvalue weighted by Gasteiger charge is -2.27. The van der Waals surface area contributed by atoms with Gasteiger partial charge < -0.3 is 25.0 Å². The van der Waals surface area contributed by atoms with E-state index in [1.54, 1.807) is 26.2 Å². The minimum Gasteiger partial charge on any atom is -0.493 e. The zero-order chi connectivity index (χ0) is 18.6. The summed E-state index contributed by atoms with van der Waals surface area (Å²) in [5.74, 6) is 0.544. The molecule has 2 rings (SSSR count). The molecule has 1 aliphatic rings. The average Bonchev–Trinajstić information content (AvgIpc) is 2.60. The second-order valence-corrected chi connectivity index (χ2v) is 6.52. The van der Waals surface area contributed by atoms with Crippen molar-refractivity contribution < 1.29 is 19.1 Å². The summed E-state index contributed by atoms with van der Waals surface area (Å²) in [5.41, 5.74) is 0.811. The lowest BCUT2D eigenvalue weighted by Crippen LogP contribution is -2.40. The van der Waals surface area contributed by atoms with Crippen LogP contribution in [-0.2, 0) is 4.79 Å². The quantitative estimate of drug-likeness (QED) is 0.846. The van der Waals surface area contributed by atoms with Crippen LogP contribution in [0.2, 0.25) is 0 Å². The van der Waals surface area contributed by atoms with Crippen molar-refractivity contribution in [1.29, 1.82) is 0 Å². The molecular weight excluding hydrogens is 322 g/mol. The van der Waals surface area contributed by atoms with Crippen molar-refractivity contribution in [2.45, 2.75) is 25.8 Å². The molecule has 25 heavy (non-hydrogen) atoms. The van der Waals surface area contributed by atoms with E-state index >= 15 is 0 Å². The fourth-order valence-electron chi connectivity index (χ4n) is 3.01. The van der Waals surface area contributed by atoms with Crippen LogP contribution in [0.25, 0.3) is 0 Å². The molecule has 2 amide bonds. The van der Waals surface area contributed by atoms with Gasteiger partial charge in [0, 0.05) is 32.1 Å². The predicted molar refractivity (Wildman–Crippen MR) is 96.4 cm³/mol. The maximum atomic E-state index is 12.7. The van der Waals surface area contributed by atoms with Gasteiger partial charge >= 0.3 is 0 Å². The van der Waals surface area contributed by atoms with Gasteiger partial charge in [-0.2, -0.15) is 0 Å². The first-order chi connectivity index (χ1) is 11.9. The molecule has 1 aromatic rings. The van der Waals surface area contributed by atoms with Gasteiger partial charge in [-0.1, -0.05) is 0 Å². The van der Waals surface area contributed by atoms with E-state index in [2.05, 4.69) is 17.6 Å². The van der Waals surface area contributed by atoms with Gasteiger partial charge in [0.1, 0.15) is 0 Å². The first-order valence-electron chi connectivity index (χ1n) is 8.39. The van der Waals surface area contributed by atoms with Crippen LogP contribution < -0.4 is 20.1 Å². The number of carbonyl (C=O) groups is 2. The van der Waals surface area contributed by atoms with Crippen LogP contribution in [0, 0.1) is 5.92 Å². The van der Waals surface area contributed by atoms with Crippen LogP contribution in [0.4, 0.5) is 5.69 Å². The molecule has 1 aromatic carbocycles. The van der Waals surface area contributed by atoms with E-state index in [1.165, 1.54) is 19.1 Å². The monoisotopic (exact) mass is 349 g/mol. The topological polar surface area (TPSA) is 79.9 Å². The number of nitrogens with zero attached hydrogens (tertiary/aromatic N) is 1. The highest BCUT2D eigenvalue weighted by Gasteiger charge is 2.27. The minimum absolute atomic E-state index is 0.0756. The zero-order valence-corrected chi connectivity index (χ0v) is 15.5. The molecule has 0 spiro atoms.